The summed E-state index contributed by atoms with van der Waals surface area (Å²) in [5.74, 6) is -0.332. The molecule has 20 heavy (non-hydrogen) atoms. The first-order valence-corrected chi connectivity index (χ1v) is 6.55. The fourth-order valence-electron chi connectivity index (χ4n) is 1.86. The Balaban J connectivity index is 2.40. The van der Waals surface area contributed by atoms with Crippen LogP contribution in [0.1, 0.15) is 24.0 Å². The highest BCUT2D eigenvalue weighted by Crippen LogP contribution is 2.16. The number of carbonyl (C=O) groups is 2. The molecule has 0 bridgehead atoms. The molecule has 1 N–H and O–H groups in total. The Labute approximate surface area is 119 Å². The van der Waals surface area contributed by atoms with Crippen LogP contribution in [-0.2, 0) is 9.59 Å². The number of nitrogens with zero attached hydrogens (tertiary/aromatic N) is 1. The second-order valence-corrected chi connectivity index (χ2v) is 4.92. The van der Waals surface area contributed by atoms with Crippen molar-refractivity contribution in [2.45, 2.75) is 26.7 Å². The van der Waals surface area contributed by atoms with Gasteiger partial charge in [0, 0.05) is 20.0 Å². The zero-order valence-electron chi connectivity index (χ0n) is 12.2. The standard InChI is InChI=1S/C15H21NO4/c1-11-7-12(2)9-13(8-11)20-10-14(17)16(3)6-4-5-15(18)19/h7-9H,4-6,10H2,1-3H3,(H,18,19). The molecular weight excluding hydrogens is 258 g/mol. The van der Waals surface area contributed by atoms with Gasteiger partial charge in [0.1, 0.15) is 5.75 Å². The molecule has 1 aromatic carbocycles. The van der Waals surface area contributed by atoms with Gasteiger partial charge in [0.05, 0.1) is 0 Å². The van der Waals surface area contributed by atoms with Crippen LogP contribution in [0.25, 0.3) is 0 Å². The number of aliphatic carboxylic acids is 1. The highest BCUT2D eigenvalue weighted by atomic mass is 16.5. The second kappa shape index (κ2) is 7.53. The zero-order valence-corrected chi connectivity index (χ0v) is 12.2. The third-order valence-corrected chi connectivity index (χ3v) is 2.87. The lowest BCUT2D eigenvalue weighted by Gasteiger charge is -2.17. The molecule has 0 aliphatic rings. The third kappa shape index (κ3) is 5.73. The maximum Gasteiger partial charge on any atom is 0.303 e. The number of carboxylic acids is 1. The largest absolute Gasteiger partial charge is 0.484 e. The van der Waals surface area contributed by atoms with Gasteiger partial charge in [-0.3, -0.25) is 9.59 Å². The monoisotopic (exact) mass is 279 g/mol. The molecule has 0 aliphatic heterocycles. The van der Waals surface area contributed by atoms with Crippen molar-refractivity contribution in [2.24, 2.45) is 0 Å². The van der Waals surface area contributed by atoms with Gasteiger partial charge in [-0.2, -0.15) is 0 Å². The molecule has 0 spiro atoms. The summed E-state index contributed by atoms with van der Waals surface area (Å²) in [6, 6.07) is 5.79. The minimum atomic E-state index is -0.850. The summed E-state index contributed by atoms with van der Waals surface area (Å²) >= 11 is 0. The number of aryl methyl sites for hydroxylation is 2. The van der Waals surface area contributed by atoms with E-state index in [1.807, 2.05) is 32.0 Å². The zero-order chi connectivity index (χ0) is 15.1. The lowest BCUT2D eigenvalue weighted by atomic mass is 10.1. The highest BCUT2D eigenvalue weighted by molar-refractivity contribution is 5.77. The van der Waals surface area contributed by atoms with E-state index in [-0.39, 0.29) is 18.9 Å². The molecule has 1 rings (SSSR count). The normalized spacial score (nSPS) is 10.2. The van der Waals surface area contributed by atoms with Crippen molar-refractivity contribution in [1.29, 1.82) is 0 Å². The SMILES string of the molecule is Cc1cc(C)cc(OCC(=O)N(C)CCCC(=O)O)c1. The van der Waals surface area contributed by atoms with Crippen molar-refractivity contribution in [1.82, 2.24) is 4.90 Å². The van der Waals surface area contributed by atoms with Crippen LogP contribution >= 0.6 is 0 Å². The molecule has 0 aliphatic carbocycles. The Morgan fingerprint density at radius 1 is 1.20 bits per heavy atom. The van der Waals surface area contributed by atoms with E-state index in [9.17, 15) is 9.59 Å². The fourth-order valence-corrected chi connectivity index (χ4v) is 1.86. The Kier molecular flexibility index (Phi) is 6.03. The maximum atomic E-state index is 11.8. The number of hydrogen-bond acceptors (Lipinski definition) is 3. The van der Waals surface area contributed by atoms with Gasteiger partial charge < -0.3 is 14.7 Å². The molecule has 1 amide bonds. The molecule has 5 heteroatoms. The molecule has 110 valence electrons. The van der Waals surface area contributed by atoms with E-state index < -0.39 is 5.97 Å². The van der Waals surface area contributed by atoms with Crippen molar-refractivity contribution in [2.75, 3.05) is 20.2 Å². The molecule has 0 heterocycles. The topological polar surface area (TPSA) is 66.8 Å². The molecular formula is C15H21NO4. The van der Waals surface area contributed by atoms with Crippen LogP contribution < -0.4 is 4.74 Å². The van der Waals surface area contributed by atoms with E-state index in [4.69, 9.17) is 9.84 Å². The molecule has 5 nitrogen and oxygen atoms in total. The van der Waals surface area contributed by atoms with Crippen molar-refractivity contribution in [3.05, 3.63) is 29.3 Å². The first-order chi connectivity index (χ1) is 9.38. The van der Waals surface area contributed by atoms with Crippen molar-refractivity contribution < 1.29 is 19.4 Å². The van der Waals surface area contributed by atoms with Crippen LogP contribution in [-0.4, -0.2) is 42.1 Å². The van der Waals surface area contributed by atoms with Crippen LogP contribution in [0.3, 0.4) is 0 Å². The summed E-state index contributed by atoms with van der Waals surface area (Å²) in [7, 11) is 1.65. The van der Waals surface area contributed by atoms with Crippen LogP contribution in [0.4, 0.5) is 0 Å². The van der Waals surface area contributed by atoms with E-state index in [1.54, 1.807) is 7.05 Å². The Morgan fingerprint density at radius 3 is 2.35 bits per heavy atom. The van der Waals surface area contributed by atoms with Crippen LogP contribution in [0, 0.1) is 13.8 Å². The first-order valence-electron chi connectivity index (χ1n) is 6.55. The second-order valence-electron chi connectivity index (χ2n) is 4.92. The smallest absolute Gasteiger partial charge is 0.303 e. The number of hydrogen-bond donors (Lipinski definition) is 1. The number of amides is 1. The number of ether oxygens (including phenoxy) is 1. The fraction of sp³-hybridized carbons (Fsp3) is 0.467. The molecule has 0 aromatic heterocycles. The Bertz CT molecular complexity index is 465. The summed E-state index contributed by atoms with van der Waals surface area (Å²) in [6.07, 6.45) is 0.511. The van der Waals surface area contributed by atoms with E-state index in [1.165, 1.54) is 4.90 Å². The molecule has 0 saturated carbocycles. The predicted molar refractivity (Wildman–Crippen MR) is 75.9 cm³/mol. The van der Waals surface area contributed by atoms with E-state index in [2.05, 4.69) is 0 Å². The van der Waals surface area contributed by atoms with E-state index in [0.29, 0.717) is 18.7 Å². The van der Waals surface area contributed by atoms with Gasteiger partial charge in [-0.05, 0) is 43.5 Å². The average molecular weight is 279 g/mol. The molecule has 0 atom stereocenters. The number of benzene rings is 1. The van der Waals surface area contributed by atoms with E-state index >= 15 is 0 Å². The lowest BCUT2D eigenvalue weighted by Crippen LogP contribution is -2.32. The van der Waals surface area contributed by atoms with Crippen LogP contribution in [0.5, 0.6) is 5.75 Å². The summed E-state index contributed by atoms with van der Waals surface area (Å²) in [4.78, 5) is 23.7. The van der Waals surface area contributed by atoms with Gasteiger partial charge in [0.15, 0.2) is 6.61 Å². The molecule has 0 saturated heterocycles. The third-order valence-electron chi connectivity index (χ3n) is 2.87. The molecule has 0 unspecified atom stereocenters. The van der Waals surface area contributed by atoms with Crippen LogP contribution in [0.2, 0.25) is 0 Å². The summed E-state index contributed by atoms with van der Waals surface area (Å²) in [5.41, 5.74) is 2.17. The molecule has 0 fully saturated rings. The van der Waals surface area contributed by atoms with Gasteiger partial charge in [-0.1, -0.05) is 6.07 Å². The predicted octanol–water partition coefficient (Wildman–Crippen LogP) is 2.01. The summed E-state index contributed by atoms with van der Waals surface area (Å²) in [5, 5.41) is 8.54. The summed E-state index contributed by atoms with van der Waals surface area (Å²) < 4.78 is 5.47. The number of likely N-dealkylation sites (N-methyl/N-ethyl adjacent to an activating group) is 1. The summed E-state index contributed by atoms with van der Waals surface area (Å²) in [6.45, 7) is 4.33. The minimum Gasteiger partial charge on any atom is -0.484 e. The quantitative estimate of drug-likeness (QED) is 0.829. The molecule has 0 radical (unpaired) electrons. The van der Waals surface area contributed by atoms with Gasteiger partial charge in [0.25, 0.3) is 5.91 Å². The van der Waals surface area contributed by atoms with Gasteiger partial charge in [-0.25, -0.2) is 0 Å². The van der Waals surface area contributed by atoms with Gasteiger partial charge >= 0.3 is 5.97 Å². The highest BCUT2D eigenvalue weighted by Gasteiger charge is 2.10. The lowest BCUT2D eigenvalue weighted by molar-refractivity contribution is -0.138. The van der Waals surface area contributed by atoms with Crippen molar-refractivity contribution in [3.8, 4) is 5.75 Å². The van der Waals surface area contributed by atoms with Crippen molar-refractivity contribution in [3.63, 3.8) is 0 Å². The van der Waals surface area contributed by atoms with Crippen LogP contribution in [0.15, 0.2) is 18.2 Å². The van der Waals surface area contributed by atoms with Gasteiger partial charge in [-0.15, -0.1) is 0 Å². The minimum absolute atomic E-state index is 0.0353. The number of rotatable bonds is 7. The van der Waals surface area contributed by atoms with E-state index in [0.717, 1.165) is 11.1 Å². The van der Waals surface area contributed by atoms with Gasteiger partial charge in [0.2, 0.25) is 0 Å². The number of carbonyl (C=O) groups excluding carboxylic acids is 1. The average Bonchev–Trinajstić information content (AvgIpc) is 2.34. The molecule has 1 aromatic rings. The Morgan fingerprint density at radius 2 is 1.80 bits per heavy atom. The van der Waals surface area contributed by atoms with Crippen molar-refractivity contribution >= 4 is 11.9 Å². The Hall–Kier alpha value is -2.04. The first kappa shape index (κ1) is 16.0. The number of carboxylic acid groups (broad SMARTS) is 1. The maximum absolute atomic E-state index is 11.8.